The van der Waals surface area contributed by atoms with Gasteiger partial charge in [0.2, 0.25) is 0 Å². The van der Waals surface area contributed by atoms with Gasteiger partial charge < -0.3 is 5.32 Å². The minimum atomic E-state index is -6.92. The fraction of sp³-hybridized carbons (Fsp3) is 0.438. The van der Waals surface area contributed by atoms with Crippen molar-refractivity contribution < 1.29 is 80.2 Å². The molecule has 0 aliphatic rings. The van der Waals surface area contributed by atoms with E-state index < -0.39 is 75.9 Å². The van der Waals surface area contributed by atoms with Gasteiger partial charge in [-0.1, -0.05) is 0 Å². The predicted molar refractivity (Wildman–Crippen MR) is 85.3 cm³/mol. The molecule has 1 rings (SSSR count). The van der Waals surface area contributed by atoms with Gasteiger partial charge in [0.05, 0.1) is 5.69 Å². The van der Waals surface area contributed by atoms with Gasteiger partial charge >= 0.3 is 54.0 Å². The number of imide groups is 1. The summed E-state index contributed by atoms with van der Waals surface area (Å²) in [6.07, 6.45) is -20.3. The third-order valence-corrected chi connectivity index (χ3v) is 3.99. The third kappa shape index (κ3) is 5.45. The molecule has 0 aromatic heterocycles. The largest absolute Gasteiger partial charge is 0.463 e. The molecule has 0 aliphatic heterocycles. The number of nitrogens with one attached hydrogen (secondary N) is 1. The van der Waals surface area contributed by atoms with Crippen molar-refractivity contribution in [3.05, 3.63) is 23.8 Å². The van der Waals surface area contributed by atoms with Gasteiger partial charge in [-0.2, -0.15) is 65.9 Å². The summed E-state index contributed by atoms with van der Waals surface area (Å²) < 4.78 is 192. The summed E-state index contributed by atoms with van der Waals surface area (Å²) in [5.74, 6) is -30.4. The second-order valence-corrected chi connectivity index (χ2v) is 6.62. The molecule has 204 valence electrons. The van der Waals surface area contributed by atoms with E-state index in [4.69, 9.17) is 0 Å². The van der Waals surface area contributed by atoms with Crippen LogP contribution in [0, 0.1) is 6.92 Å². The van der Waals surface area contributed by atoms with Gasteiger partial charge in [0, 0.05) is 5.69 Å². The van der Waals surface area contributed by atoms with Crippen molar-refractivity contribution in [2.24, 2.45) is 0 Å². The molecule has 36 heavy (non-hydrogen) atoms. The molecule has 0 aliphatic carbocycles. The Morgan fingerprint density at radius 1 is 0.639 bits per heavy atom. The zero-order valence-electron chi connectivity index (χ0n) is 16.6. The molecule has 0 radical (unpaired) electrons. The maximum Gasteiger partial charge on any atom is 0.463 e. The minimum Gasteiger partial charge on any atom is -0.321 e. The molecular formula is C16H7F15N2O3. The molecule has 0 saturated heterocycles. The molecule has 0 bridgehead atoms. The Morgan fingerprint density at radius 2 is 1.00 bits per heavy atom. The molecule has 0 fully saturated rings. The van der Waals surface area contributed by atoms with Crippen LogP contribution >= 0.6 is 0 Å². The van der Waals surface area contributed by atoms with Crippen LogP contribution in [-0.2, 0) is 14.4 Å². The summed E-state index contributed by atoms with van der Waals surface area (Å²) in [6.45, 7) is 0.415. The zero-order chi connectivity index (χ0) is 28.9. The second kappa shape index (κ2) is 9.02. The average Bonchev–Trinajstić information content (AvgIpc) is 2.66. The number of benzene rings is 1. The highest BCUT2D eigenvalue weighted by molar-refractivity contribution is 6.20. The van der Waals surface area contributed by atoms with E-state index in [1.165, 1.54) is 0 Å². The molecule has 1 N–H and O–H groups in total. The van der Waals surface area contributed by atoms with E-state index in [0.717, 1.165) is 5.32 Å². The van der Waals surface area contributed by atoms with Crippen LogP contribution in [0.15, 0.2) is 18.2 Å². The SMILES string of the molecule is Cc1cc(NC(=O)C(F)(F)C(F)(F)F)ccc1N(C(=O)C(F)(F)C(F)(F)F)C(=O)C(F)(F)C(F)(F)F. The van der Waals surface area contributed by atoms with Crippen molar-refractivity contribution in [2.45, 2.75) is 43.2 Å². The summed E-state index contributed by atoms with van der Waals surface area (Å²) in [5.41, 5.74) is -4.16. The topological polar surface area (TPSA) is 66.5 Å². The Labute approximate surface area is 187 Å². The van der Waals surface area contributed by atoms with E-state index in [9.17, 15) is 80.2 Å². The molecule has 0 saturated carbocycles. The molecule has 1 aromatic carbocycles. The van der Waals surface area contributed by atoms with Crippen LogP contribution in [0.3, 0.4) is 0 Å². The Morgan fingerprint density at radius 3 is 1.31 bits per heavy atom. The van der Waals surface area contributed by atoms with Crippen LogP contribution in [0.4, 0.5) is 77.2 Å². The molecule has 0 unspecified atom stereocenters. The van der Waals surface area contributed by atoms with Crippen molar-refractivity contribution in [3.8, 4) is 0 Å². The van der Waals surface area contributed by atoms with E-state index in [0.29, 0.717) is 6.92 Å². The number of rotatable bonds is 5. The molecule has 3 amide bonds. The van der Waals surface area contributed by atoms with E-state index in [2.05, 4.69) is 0 Å². The van der Waals surface area contributed by atoms with Crippen molar-refractivity contribution in [2.75, 3.05) is 10.2 Å². The molecule has 20 heteroatoms. The number of alkyl halides is 15. The summed E-state index contributed by atoms with van der Waals surface area (Å²) in [6, 6.07) is -0.0339. The fourth-order valence-electron chi connectivity index (χ4n) is 2.16. The monoisotopic (exact) mass is 560 g/mol. The number of amides is 3. The minimum absolute atomic E-state index is 0.0255. The summed E-state index contributed by atoms with van der Waals surface area (Å²) in [7, 11) is 0. The lowest BCUT2D eigenvalue weighted by Gasteiger charge is -2.31. The number of anilines is 2. The number of halogens is 15. The maximum absolute atomic E-state index is 13.5. The maximum atomic E-state index is 13.5. The van der Waals surface area contributed by atoms with E-state index in [-0.39, 0.29) is 18.2 Å². The van der Waals surface area contributed by atoms with Crippen LogP contribution in [0.2, 0.25) is 0 Å². The van der Waals surface area contributed by atoms with Gasteiger partial charge in [-0.15, -0.1) is 0 Å². The lowest BCUT2D eigenvalue weighted by molar-refractivity contribution is -0.273. The third-order valence-electron chi connectivity index (χ3n) is 3.99. The molecular weight excluding hydrogens is 553 g/mol. The fourth-order valence-corrected chi connectivity index (χ4v) is 2.16. The van der Waals surface area contributed by atoms with Crippen LogP contribution in [0.1, 0.15) is 5.56 Å². The van der Waals surface area contributed by atoms with E-state index in [1.54, 1.807) is 0 Å². The highest BCUT2D eigenvalue weighted by Gasteiger charge is 2.70. The molecule has 5 nitrogen and oxygen atoms in total. The molecule has 0 atom stereocenters. The lowest BCUT2D eigenvalue weighted by Crippen LogP contribution is -2.60. The van der Waals surface area contributed by atoms with Crippen LogP contribution in [-0.4, -0.2) is 54.0 Å². The Balaban J connectivity index is 3.66. The zero-order valence-corrected chi connectivity index (χ0v) is 16.6. The Kier molecular flexibility index (Phi) is 7.72. The van der Waals surface area contributed by atoms with Gasteiger partial charge in [-0.3, -0.25) is 14.4 Å². The normalized spacial score (nSPS) is 13.9. The van der Waals surface area contributed by atoms with Gasteiger partial charge in [0.1, 0.15) is 0 Å². The van der Waals surface area contributed by atoms with Crippen molar-refractivity contribution in [1.29, 1.82) is 0 Å². The summed E-state index contributed by atoms with van der Waals surface area (Å²) in [5, 5.41) is 0.910. The second-order valence-electron chi connectivity index (χ2n) is 6.62. The molecule has 0 heterocycles. The first-order valence-electron chi connectivity index (χ1n) is 8.36. The number of aryl methyl sites for hydroxylation is 1. The highest BCUT2D eigenvalue weighted by atomic mass is 19.4. The predicted octanol–water partition coefficient (Wildman–Crippen LogP) is 5.39. The molecule has 1 aromatic rings. The lowest BCUT2D eigenvalue weighted by atomic mass is 10.1. The average molecular weight is 560 g/mol. The van der Waals surface area contributed by atoms with E-state index in [1.807, 2.05) is 0 Å². The van der Waals surface area contributed by atoms with Crippen LogP contribution in [0.5, 0.6) is 0 Å². The van der Waals surface area contributed by atoms with Gasteiger partial charge in [0.25, 0.3) is 0 Å². The van der Waals surface area contributed by atoms with Crippen molar-refractivity contribution in [3.63, 3.8) is 0 Å². The highest BCUT2D eigenvalue weighted by Crippen LogP contribution is 2.43. The van der Waals surface area contributed by atoms with Crippen molar-refractivity contribution in [1.82, 2.24) is 0 Å². The summed E-state index contributed by atoms with van der Waals surface area (Å²) in [4.78, 5) is 32.7. The van der Waals surface area contributed by atoms with Crippen LogP contribution < -0.4 is 10.2 Å². The van der Waals surface area contributed by atoms with Gasteiger partial charge in [-0.05, 0) is 30.7 Å². The first-order valence-corrected chi connectivity index (χ1v) is 8.36. The van der Waals surface area contributed by atoms with Crippen LogP contribution in [0.25, 0.3) is 0 Å². The van der Waals surface area contributed by atoms with Gasteiger partial charge in [-0.25, -0.2) is 4.90 Å². The van der Waals surface area contributed by atoms with Gasteiger partial charge in [0.15, 0.2) is 0 Å². The summed E-state index contributed by atoms with van der Waals surface area (Å²) >= 11 is 0. The number of hydrogen-bond acceptors (Lipinski definition) is 3. The number of nitrogens with zero attached hydrogens (tertiary/aromatic N) is 1. The first-order chi connectivity index (χ1) is 15.7. The Bertz CT molecular complexity index is 1000. The van der Waals surface area contributed by atoms with Crippen molar-refractivity contribution >= 4 is 29.1 Å². The smallest absolute Gasteiger partial charge is 0.321 e. The standard InChI is InChI=1S/C16H7F15N2O3/c1-5-4-6(32-8(34)11(17,18)14(23,24)25)2-3-7(5)33(9(35)12(19,20)15(26,27)28)10(36)13(21,22)16(29,30)31/h2-4H,1H3,(H,32,34). The molecule has 0 spiro atoms. The number of hydrogen-bond donors (Lipinski definition) is 1. The number of carbonyl (C=O) groups is 3. The Hall–Kier alpha value is -3.22. The van der Waals surface area contributed by atoms with E-state index >= 15 is 0 Å². The number of carbonyl (C=O) groups excluding carboxylic acids is 3. The quantitative estimate of drug-likeness (QED) is 0.492. The first kappa shape index (κ1) is 30.8.